The number of nitrogens with zero attached hydrogens (tertiary/aromatic N) is 1. The maximum Gasteiger partial charge on any atom is 0.416 e. The van der Waals surface area contributed by atoms with Crippen LogP contribution in [-0.4, -0.2) is 19.1 Å². The molecule has 5 heteroatoms. The van der Waals surface area contributed by atoms with Gasteiger partial charge in [-0.3, -0.25) is 0 Å². The highest BCUT2D eigenvalue weighted by atomic mass is 19.4. The summed E-state index contributed by atoms with van der Waals surface area (Å²) in [4.78, 5) is 1.97. The second-order valence-electron chi connectivity index (χ2n) is 5.45. The van der Waals surface area contributed by atoms with E-state index in [1.807, 2.05) is 32.6 Å². The van der Waals surface area contributed by atoms with E-state index in [2.05, 4.69) is 5.32 Å². The number of halogens is 3. The summed E-state index contributed by atoms with van der Waals surface area (Å²) < 4.78 is 39.8. The van der Waals surface area contributed by atoms with E-state index in [9.17, 15) is 13.2 Å². The van der Waals surface area contributed by atoms with Crippen molar-refractivity contribution >= 4 is 5.69 Å². The largest absolute Gasteiger partial charge is 0.416 e. The molecule has 0 aliphatic heterocycles. The molecule has 0 aliphatic carbocycles. The number of hydrogen-bond donors (Lipinski definition) is 1. The van der Waals surface area contributed by atoms with Crippen LogP contribution in [0.2, 0.25) is 0 Å². The molecule has 21 heavy (non-hydrogen) atoms. The van der Waals surface area contributed by atoms with Crippen LogP contribution in [0.5, 0.6) is 0 Å². The van der Waals surface area contributed by atoms with E-state index >= 15 is 0 Å². The molecule has 0 amide bonds. The Labute approximate surface area is 125 Å². The van der Waals surface area contributed by atoms with Crippen molar-refractivity contribution in [2.24, 2.45) is 0 Å². The first-order chi connectivity index (χ1) is 9.79. The van der Waals surface area contributed by atoms with Crippen molar-refractivity contribution in [1.29, 1.82) is 0 Å². The third-order valence-corrected chi connectivity index (χ3v) is 3.34. The molecule has 120 valence electrons. The van der Waals surface area contributed by atoms with Crippen LogP contribution in [0, 0.1) is 0 Å². The van der Waals surface area contributed by atoms with Crippen LogP contribution in [0.1, 0.15) is 45.2 Å². The van der Waals surface area contributed by atoms with Crippen LogP contribution in [-0.2, 0) is 12.7 Å². The number of alkyl halides is 3. The summed E-state index contributed by atoms with van der Waals surface area (Å²) in [6.07, 6.45) is -3.42. The Balaban J connectivity index is 3.12. The number of anilines is 1. The van der Waals surface area contributed by atoms with E-state index in [-0.39, 0.29) is 12.6 Å². The zero-order valence-electron chi connectivity index (χ0n) is 13.2. The summed E-state index contributed by atoms with van der Waals surface area (Å²) in [6.45, 7) is 9.51. The van der Waals surface area contributed by atoms with Gasteiger partial charge in [0.05, 0.1) is 5.56 Å². The molecule has 1 aromatic carbocycles. The highest BCUT2D eigenvalue weighted by Gasteiger charge is 2.33. The number of benzene rings is 1. The summed E-state index contributed by atoms with van der Waals surface area (Å²) in [6, 6.07) is 4.80. The minimum atomic E-state index is -4.32. The predicted molar refractivity (Wildman–Crippen MR) is 81.6 cm³/mol. The molecule has 0 radical (unpaired) electrons. The number of nitrogens with one attached hydrogen (secondary N) is 1. The molecule has 1 aromatic rings. The van der Waals surface area contributed by atoms with Gasteiger partial charge in [-0.05, 0) is 31.0 Å². The fourth-order valence-electron chi connectivity index (χ4n) is 2.23. The summed E-state index contributed by atoms with van der Waals surface area (Å²) in [5, 5.41) is 3.05. The standard InChI is InChI=1S/C16H25F3N2/c1-5-9-21(6-2)14-8-7-13(11-20-12(3)4)15(10-14)16(17,18)19/h7-8,10,12,20H,5-6,9,11H2,1-4H3. The van der Waals surface area contributed by atoms with E-state index in [1.165, 1.54) is 6.07 Å². The van der Waals surface area contributed by atoms with Gasteiger partial charge >= 0.3 is 6.18 Å². The Bertz CT molecular complexity index is 442. The van der Waals surface area contributed by atoms with Crippen molar-refractivity contribution < 1.29 is 13.2 Å². The summed E-state index contributed by atoms with van der Waals surface area (Å²) in [5.74, 6) is 0. The molecule has 2 nitrogen and oxygen atoms in total. The minimum Gasteiger partial charge on any atom is -0.372 e. The average molecular weight is 302 g/mol. The van der Waals surface area contributed by atoms with Gasteiger partial charge in [0.2, 0.25) is 0 Å². The van der Waals surface area contributed by atoms with Crippen LogP contribution in [0.3, 0.4) is 0 Å². The molecule has 0 aliphatic rings. The van der Waals surface area contributed by atoms with E-state index < -0.39 is 11.7 Å². The topological polar surface area (TPSA) is 15.3 Å². The van der Waals surface area contributed by atoms with E-state index in [0.717, 1.165) is 13.0 Å². The Morgan fingerprint density at radius 1 is 1.19 bits per heavy atom. The highest BCUT2D eigenvalue weighted by Crippen LogP contribution is 2.34. The number of hydrogen-bond acceptors (Lipinski definition) is 2. The smallest absolute Gasteiger partial charge is 0.372 e. The molecule has 0 saturated heterocycles. The number of rotatable bonds is 7. The fourth-order valence-corrected chi connectivity index (χ4v) is 2.23. The Kier molecular flexibility index (Phi) is 6.52. The zero-order valence-corrected chi connectivity index (χ0v) is 13.2. The molecular formula is C16H25F3N2. The van der Waals surface area contributed by atoms with Crippen LogP contribution < -0.4 is 10.2 Å². The van der Waals surface area contributed by atoms with Gasteiger partial charge in [-0.2, -0.15) is 13.2 Å². The highest BCUT2D eigenvalue weighted by molar-refractivity contribution is 5.52. The van der Waals surface area contributed by atoms with Crippen molar-refractivity contribution in [3.63, 3.8) is 0 Å². The van der Waals surface area contributed by atoms with Gasteiger partial charge in [-0.1, -0.05) is 26.8 Å². The van der Waals surface area contributed by atoms with E-state index in [1.54, 1.807) is 12.1 Å². The molecule has 0 spiro atoms. The third kappa shape index (κ3) is 5.23. The SMILES string of the molecule is CCCN(CC)c1ccc(CNC(C)C)c(C(F)(F)F)c1. The van der Waals surface area contributed by atoms with Crippen LogP contribution in [0.4, 0.5) is 18.9 Å². The van der Waals surface area contributed by atoms with Crippen LogP contribution in [0.15, 0.2) is 18.2 Å². The van der Waals surface area contributed by atoms with Gasteiger partial charge < -0.3 is 10.2 Å². The quantitative estimate of drug-likeness (QED) is 0.801. The summed E-state index contributed by atoms with van der Waals surface area (Å²) in [7, 11) is 0. The van der Waals surface area contributed by atoms with Crippen molar-refractivity contribution in [3.8, 4) is 0 Å². The second-order valence-corrected chi connectivity index (χ2v) is 5.45. The Morgan fingerprint density at radius 3 is 2.33 bits per heavy atom. The lowest BCUT2D eigenvalue weighted by Gasteiger charge is -2.24. The monoisotopic (exact) mass is 302 g/mol. The molecule has 0 aromatic heterocycles. The third-order valence-electron chi connectivity index (χ3n) is 3.34. The van der Waals surface area contributed by atoms with Crippen molar-refractivity contribution in [2.75, 3.05) is 18.0 Å². The normalized spacial score (nSPS) is 12.0. The Hall–Kier alpha value is -1.23. The maximum absolute atomic E-state index is 13.3. The molecule has 1 rings (SSSR count). The second kappa shape index (κ2) is 7.69. The van der Waals surface area contributed by atoms with Crippen molar-refractivity contribution in [3.05, 3.63) is 29.3 Å². The first kappa shape index (κ1) is 17.8. The van der Waals surface area contributed by atoms with Gasteiger partial charge in [0.15, 0.2) is 0 Å². The predicted octanol–water partition coefficient (Wildman–Crippen LogP) is 4.44. The molecule has 0 fully saturated rings. The summed E-state index contributed by atoms with van der Waals surface area (Å²) in [5.41, 5.74) is 0.398. The van der Waals surface area contributed by atoms with E-state index in [4.69, 9.17) is 0 Å². The Morgan fingerprint density at radius 2 is 1.86 bits per heavy atom. The maximum atomic E-state index is 13.3. The average Bonchev–Trinajstić information content (AvgIpc) is 2.41. The van der Waals surface area contributed by atoms with Crippen LogP contribution in [0.25, 0.3) is 0 Å². The lowest BCUT2D eigenvalue weighted by Crippen LogP contribution is -2.26. The molecule has 0 heterocycles. The lowest BCUT2D eigenvalue weighted by atomic mass is 10.0. The summed E-state index contributed by atoms with van der Waals surface area (Å²) >= 11 is 0. The van der Waals surface area contributed by atoms with Crippen molar-refractivity contribution in [1.82, 2.24) is 5.32 Å². The fraction of sp³-hybridized carbons (Fsp3) is 0.625. The van der Waals surface area contributed by atoms with Gasteiger partial charge in [0.25, 0.3) is 0 Å². The molecule has 0 atom stereocenters. The lowest BCUT2D eigenvalue weighted by molar-refractivity contribution is -0.138. The molecule has 0 saturated carbocycles. The van der Waals surface area contributed by atoms with E-state index in [0.29, 0.717) is 17.8 Å². The van der Waals surface area contributed by atoms with Gasteiger partial charge in [0, 0.05) is 31.4 Å². The molecule has 0 bridgehead atoms. The molecular weight excluding hydrogens is 277 g/mol. The molecule has 1 N–H and O–H groups in total. The van der Waals surface area contributed by atoms with Crippen LogP contribution >= 0.6 is 0 Å². The minimum absolute atomic E-state index is 0.151. The first-order valence-corrected chi connectivity index (χ1v) is 7.48. The van der Waals surface area contributed by atoms with Gasteiger partial charge in [0.1, 0.15) is 0 Å². The zero-order chi connectivity index (χ0) is 16.0. The van der Waals surface area contributed by atoms with Crippen molar-refractivity contribution in [2.45, 2.75) is 52.9 Å². The van der Waals surface area contributed by atoms with Gasteiger partial charge in [-0.25, -0.2) is 0 Å². The van der Waals surface area contributed by atoms with Gasteiger partial charge in [-0.15, -0.1) is 0 Å². The first-order valence-electron chi connectivity index (χ1n) is 7.48. The molecule has 0 unspecified atom stereocenters.